The van der Waals surface area contributed by atoms with Gasteiger partial charge in [0.2, 0.25) is 0 Å². The lowest BCUT2D eigenvalue weighted by Crippen LogP contribution is -2.52. The maximum absolute atomic E-state index is 12.8. The summed E-state index contributed by atoms with van der Waals surface area (Å²) < 4.78 is 10.0. The monoisotopic (exact) mass is 1100 g/mol. The number of pyridine rings is 2. The minimum atomic E-state index is -0.562. The van der Waals surface area contributed by atoms with Crippen LogP contribution in [-0.2, 0) is 15.8 Å². The second-order valence-corrected chi connectivity index (χ2v) is 22.9. The molecule has 14 rings (SSSR count). The highest BCUT2D eigenvalue weighted by Crippen LogP contribution is 2.49. The van der Waals surface area contributed by atoms with Crippen LogP contribution >= 0.6 is 12.4 Å². The molecule has 0 spiro atoms. The summed E-state index contributed by atoms with van der Waals surface area (Å²) in [4.78, 5) is 32.8. The molecule has 10 aromatic rings. The maximum atomic E-state index is 12.8. The molecule has 2 fully saturated rings. The van der Waals surface area contributed by atoms with E-state index in [9.17, 15) is 4.79 Å². The lowest BCUT2D eigenvalue weighted by atomic mass is 9.71. The van der Waals surface area contributed by atoms with E-state index in [1.54, 1.807) is 6.20 Å². The zero-order valence-electron chi connectivity index (χ0n) is 46.5. The molecule has 4 aliphatic rings. The largest absolute Gasteiger partial charge is 0.444 e. The number of halogens is 1. The number of aryl methyl sites for hydroxylation is 2. The van der Waals surface area contributed by atoms with Crippen LogP contribution in [0.3, 0.4) is 0 Å². The van der Waals surface area contributed by atoms with Crippen molar-refractivity contribution in [3.05, 3.63) is 192 Å². The maximum Gasteiger partial charge on any atom is 0.408 e. The molecule has 2 saturated carbocycles. The number of rotatable bonds is 7. The highest BCUT2D eigenvalue weighted by molar-refractivity contribution is 5.93. The zero-order chi connectivity index (χ0) is 55.8. The number of hydrogen-bond acceptors (Lipinski definition) is 11. The third kappa shape index (κ3) is 9.46. The summed E-state index contributed by atoms with van der Waals surface area (Å²) in [6, 6.07) is 53.9. The van der Waals surface area contributed by atoms with Gasteiger partial charge in [0.25, 0.3) is 0 Å². The predicted octanol–water partition coefficient (Wildman–Crippen LogP) is 15.1. The fraction of sp³-hybridized carbons (Fsp3) is 0.209. The smallest absolute Gasteiger partial charge is 0.408 e. The molecule has 0 atom stereocenters. The average molecular weight is 1110 g/mol. The zero-order valence-corrected chi connectivity index (χ0v) is 47.4. The number of nitrogen functional groups attached to an aromatic ring is 2. The van der Waals surface area contributed by atoms with Crippen molar-refractivity contribution in [2.75, 3.05) is 22.1 Å². The van der Waals surface area contributed by atoms with E-state index >= 15 is 0 Å². The van der Waals surface area contributed by atoms with Crippen molar-refractivity contribution in [1.82, 2.24) is 34.4 Å². The number of amides is 1. The summed E-state index contributed by atoms with van der Waals surface area (Å²) in [6.07, 6.45) is 9.23. The van der Waals surface area contributed by atoms with Crippen molar-refractivity contribution in [3.63, 3.8) is 0 Å². The number of carbonyl (C=O) groups is 1. The van der Waals surface area contributed by atoms with E-state index in [0.29, 0.717) is 0 Å². The third-order valence-corrected chi connectivity index (χ3v) is 16.4. The molecule has 2 aliphatic carbocycles. The number of benzene rings is 6. The number of nitrogens with zero attached hydrogens (tertiary/aromatic N) is 6. The van der Waals surface area contributed by atoms with Crippen molar-refractivity contribution in [3.8, 4) is 79.2 Å². The molecule has 0 bridgehead atoms. The molecule has 0 radical (unpaired) electrons. The number of carbonyl (C=O) groups excluding carboxylic acids is 1. The van der Waals surface area contributed by atoms with Gasteiger partial charge in [-0.05, 0) is 156 Å². The highest BCUT2D eigenvalue weighted by Gasteiger charge is 2.42. The van der Waals surface area contributed by atoms with Gasteiger partial charge < -0.3 is 37.9 Å². The highest BCUT2D eigenvalue weighted by atomic mass is 35.5. The molecular weight excluding hydrogens is 1040 g/mol. The van der Waals surface area contributed by atoms with Crippen LogP contribution in [-0.4, -0.2) is 40.8 Å². The summed E-state index contributed by atoms with van der Waals surface area (Å²) >= 11 is 0. The van der Waals surface area contributed by atoms with Gasteiger partial charge in [-0.15, -0.1) is 12.4 Å². The van der Waals surface area contributed by atoms with Gasteiger partial charge in [0.15, 0.2) is 11.6 Å². The molecule has 0 saturated heterocycles. The molecule has 15 heteroatoms. The Balaban J connectivity index is 0.000000162. The minimum absolute atomic E-state index is 0. The molecule has 1 amide bonds. The number of fused-ring (bicyclic) bond motifs is 10. The molecule has 6 aromatic carbocycles. The van der Waals surface area contributed by atoms with Gasteiger partial charge in [0.05, 0.1) is 51.1 Å². The number of para-hydroxylation sites is 2. The second kappa shape index (κ2) is 20.7. The van der Waals surface area contributed by atoms with Gasteiger partial charge in [0.1, 0.15) is 17.2 Å². The number of nitrogens with two attached hydrogens (primary N) is 3. The quantitative estimate of drug-likeness (QED) is 0.0829. The third-order valence-electron chi connectivity index (χ3n) is 16.4. The summed E-state index contributed by atoms with van der Waals surface area (Å²) in [5.41, 5.74) is 37.4. The van der Waals surface area contributed by atoms with E-state index < -0.39 is 17.2 Å². The van der Waals surface area contributed by atoms with E-state index in [2.05, 4.69) is 127 Å². The number of alkyl carbamates (subject to hydrolysis) is 1. The normalized spacial score (nSPS) is 14.6. The lowest BCUT2D eigenvalue weighted by molar-refractivity contribution is 0.0377. The SMILES string of the molecule is Cc1ccc(-c2nc3n(c2-c2ccc(C4(N)CCC4)cc2)-c2cccnc2Nc2ccccc2-3)cc1N.Cc1ccc(-c2nc3n(c2-c2ccc(C4(NC(=O)OC(C)(C)C)CCC4)cc2)-c2cccnc2Nc2ccccc2-3)cc1N.Cl. The van der Waals surface area contributed by atoms with E-state index in [4.69, 9.17) is 36.9 Å². The first-order valence-electron chi connectivity index (χ1n) is 27.8. The minimum Gasteiger partial charge on any atom is -0.444 e. The van der Waals surface area contributed by atoms with Crippen LogP contribution in [0.15, 0.2) is 170 Å². The molecule has 412 valence electrons. The van der Waals surface area contributed by atoms with Crippen molar-refractivity contribution >= 4 is 52.9 Å². The fourth-order valence-corrected chi connectivity index (χ4v) is 11.6. The van der Waals surface area contributed by atoms with Crippen LogP contribution in [0.2, 0.25) is 0 Å². The van der Waals surface area contributed by atoms with Crippen LogP contribution in [0, 0.1) is 13.8 Å². The summed E-state index contributed by atoms with van der Waals surface area (Å²) in [6.45, 7) is 9.67. The van der Waals surface area contributed by atoms with Crippen LogP contribution in [0.1, 0.15) is 81.5 Å². The number of nitrogens with one attached hydrogen (secondary N) is 3. The van der Waals surface area contributed by atoms with Crippen LogP contribution in [0.4, 0.5) is 39.2 Å². The Morgan fingerprint density at radius 1 is 0.573 bits per heavy atom. The number of imidazole rings is 2. The molecule has 6 heterocycles. The van der Waals surface area contributed by atoms with Crippen molar-refractivity contribution in [2.45, 2.75) is 89.8 Å². The first kappa shape index (κ1) is 53.4. The Bertz CT molecular complexity index is 4090. The Hall–Kier alpha value is -9.24. The van der Waals surface area contributed by atoms with Crippen molar-refractivity contribution in [1.29, 1.82) is 0 Å². The Kier molecular flexibility index (Phi) is 13.5. The van der Waals surface area contributed by atoms with Gasteiger partial charge in [-0.2, -0.15) is 0 Å². The Labute approximate surface area is 483 Å². The second-order valence-electron chi connectivity index (χ2n) is 22.9. The number of hydrogen-bond donors (Lipinski definition) is 6. The van der Waals surface area contributed by atoms with E-state index in [-0.39, 0.29) is 17.9 Å². The van der Waals surface area contributed by atoms with Gasteiger partial charge in [0, 0.05) is 62.7 Å². The molecule has 4 aromatic heterocycles. The molecular formula is C67H65ClN12O2. The molecule has 14 nitrogen and oxygen atoms in total. The topological polar surface area (TPSA) is 202 Å². The molecule has 0 unspecified atom stereocenters. The molecule has 82 heavy (non-hydrogen) atoms. The molecule has 2 aliphatic heterocycles. The average Bonchev–Trinajstić information content (AvgIpc) is 4.16. The van der Waals surface area contributed by atoms with Crippen molar-refractivity contribution in [2.24, 2.45) is 5.73 Å². The van der Waals surface area contributed by atoms with E-state index in [0.717, 1.165) is 162 Å². The first-order chi connectivity index (χ1) is 39.1. The first-order valence-corrected chi connectivity index (χ1v) is 27.8. The van der Waals surface area contributed by atoms with Gasteiger partial charge >= 0.3 is 6.09 Å². The van der Waals surface area contributed by atoms with Crippen LogP contribution in [0.25, 0.3) is 79.2 Å². The van der Waals surface area contributed by atoms with Crippen molar-refractivity contribution < 1.29 is 9.53 Å². The van der Waals surface area contributed by atoms with Crippen LogP contribution in [0.5, 0.6) is 0 Å². The Morgan fingerprint density at radius 3 is 1.43 bits per heavy atom. The summed E-state index contributed by atoms with van der Waals surface area (Å²) in [5, 5.41) is 10.2. The fourth-order valence-electron chi connectivity index (χ4n) is 11.6. The number of aromatic nitrogens is 6. The van der Waals surface area contributed by atoms with E-state index in [1.165, 1.54) is 12.0 Å². The Morgan fingerprint density at radius 2 is 1.01 bits per heavy atom. The summed E-state index contributed by atoms with van der Waals surface area (Å²) in [5.74, 6) is 3.21. The number of ether oxygens (including phenoxy) is 1. The van der Waals surface area contributed by atoms with Crippen LogP contribution < -0.4 is 33.2 Å². The predicted molar refractivity (Wildman–Crippen MR) is 332 cm³/mol. The van der Waals surface area contributed by atoms with Gasteiger partial charge in [-0.3, -0.25) is 9.13 Å². The van der Waals surface area contributed by atoms with Gasteiger partial charge in [-0.25, -0.2) is 24.7 Å². The standard InChI is InChI=1S/C36H36N6O2.C31H28N6.ClH/c1-22-12-13-24(21-27(22)37)30-31(23-14-16-25(17-15-23)36(18-8-19-36)41-34(43)44-35(2,3)4)42-29-11-7-20-38-32(29)39-28-10-6-5-9-26(28)33(42)40-30;1-19-9-10-21(18-24(19)32)27-28(20-11-13-22(14-12-20)31(33)15-5-16-31)37-26-8-4-17-34-29(26)35-25-7-3-2-6-23(25)30(37)36-27;/h5-7,9-17,20-21H,8,18-19,37H2,1-4H3,(H,38,39)(H,41,43);2-4,6-14,17-18H,5,15-16,32-33H2,1H3,(H,34,35);1H. The van der Waals surface area contributed by atoms with Gasteiger partial charge in [-0.1, -0.05) is 97.1 Å². The lowest BCUT2D eigenvalue weighted by Gasteiger charge is -2.43. The molecule has 9 N–H and O–H groups in total. The number of anilines is 6. The van der Waals surface area contributed by atoms with E-state index in [1.807, 2.05) is 101 Å². The summed E-state index contributed by atoms with van der Waals surface area (Å²) in [7, 11) is 0.